The number of rotatable bonds is 6. The highest BCUT2D eigenvalue weighted by atomic mass is 32.2. The zero-order valence-electron chi connectivity index (χ0n) is 16.5. The van der Waals surface area contributed by atoms with Gasteiger partial charge in [-0.05, 0) is 53.2 Å². The van der Waals surface area contributed by atoms with Gasteiger partial charge in [0.2, 0.25) is 9.84 Å². The maximum absolute atomic E-state index is 13.1. The number of benzene rings is 4. The Morgan fingerprint density at radius 3 is 2.06 bits per heavy atom. The molecule has 158 valence electrons. The lowest BCUT2D eigenvalue weighted by molar-refractivity contribution is 0.403. The van der Waals surface area contributed by atoms with E-state index in [1.54, 1.807) is 30.3 Å². The maximum atomic E-state index is 13.1. The minimum atomic E-state index is -3.94. The first kappa shape index (κ1) is 20.9. The SMILES string of the molecule is COc1ccc(NS(=O)(=O)c2ccc3ccccc3c2)cc1S(=O)(=O)c1ccccc1. The smallest absolute Gasteiger partial charge is 0.261 e. The van der Waals surface area contributed by atoms with Crippen LogP contribution in [0.5, 0.6) is 5.75 Å². The number of hydrogen-bond donors (Lipinski definition) is 1. The molecule has 0 spiro atoms. The van der Waals surface area contributed by atoms with Crippen LogP contribution in [-0.4, -0.2) is 23.9 Å². The van der Waals surface area contributed by atoms with E-state index in [4.69, 9.17) is 4.74 Å². The highest BCUT2D eigenvalue weighted by molar-refractivity contribution is 7.93. The van der Waals surface area contributed by atoms with Crippen LogP contribution in [0.4, 0.5) is 5.69 Å². The molecule has 0 amide bonds. The predicted octanol–water partition coefficient (Wildman–Crippen LogP) is 4.48. The lowest BCUT2D eigenvalue weighted by Gasteiger charge is -2.13. The number of hydrogen-bond acceptors (Lipinski definition) is 5. The van der Waals surface area contributed by atoms with Gasteiger partial charge >= 0.3 is 0 Å². The Bertz CT molecular complexity index is 1460. The van der Waals surface area contributed by atoms with Crippen molar-refractivity contribution in [3.05, 3.63) is 91.0 Å². The third-order valence-corrected chi connectivity index (χ3v) is 7.96. The van der Waals surface area contributed by atoms with E-state index in [1.165, 1.54) is 43.5 Å². The van der Waals surface area contributed by atoms with E-state index in [-0.39, 0.29) is 26.1 Å². The van der Waals surface area contributed by atoms with Crippen LogP contribution >= 0.6 is 0 Å². The van der Waals surface area contributed by atoms with Gasteiger partial charge in [0.25, 0.3) is 10.0 Å². The second-order valence-corrected chi connectivity index (χ2v) is 10.4. The summed E-state index contributed by atoms with van der Waals surface area (Å²) in [5.41, 5.74) is 0.114. The first-order chi connectivity index (χ1) is 14.8. The zero-order chi connectivity index (χ0) is 22.1. The van der Waals surface area contributed by atoms with E-state index >= 15 is 0 Å². The van der Waals surface area contributed by atoms with Crippen molar-refractivity contribution in [2.75, 3.05) is 11.8 Å². The van der Waals surface area contributed by atoms with Gasteiger partial charge in [0, 0.05) is 0 Å². The summed E-state index contributed by atoms with van der Waals surface area (Å²) >= 11 is 0. The lowest BCUT2D eigenvalue weighted by atomic mass is 10.1. The van der Waals surface area contributed by atoms with Crippen LogP contribution in [0.15, 0.2) is 106 Å². The molecule has 0 aliphatic carbocycles. The van der Waals surface area contributed by atoms with Gasteiger partial charge in [-0.25, -0.2) is 16.8 Å². The number of nitrogens with one attached hydrogen (secondary N) is 1. The van der Waals surface area contributed by atoms with Gasteiger partial charge in [-0.3, -0.25) is 4.72 Å². The Labute approximate surface area is 181 Å². The molecule has 0 unspecified atom stereocenters. The largest absolute Gasteiger partial charge is 0.495 e. The van der Waals surface area contributed by atoms with Crippen molar-refractivity contribution in [3.8, 4) is 5.75 Å². The van der Waals surface area contributed by atoms with Crippen molar-refractivity contribution in [1.82, 2.24) is 0 Å². The summed E-state index contributed by atoms with van der Waals surface area (Å²) in [6.07, 6.45) is 0. The number of fused-ring (bicyclic) bond motifs is 1. The van der Waals surface area contributed by atoms with Crippen LogP contribution in [0.2, 0.25) is 0 Å². The molecule has 0 aliphatic heterocycles. The molecular formula is C23H19NO5S2. The Balaban J connectivity index is 1.74. The summed E-state index contributed by atoms with van der Waals surface area (Å²) < 4.78 is 59.7. The molecule has 0 saturated carbocycles. The molecule has 0 saturated heterocycles. The van der Waals surface area contributed by atoms with Crippen molar-refractivity contribution < 1.29 is 21.6 Å². The average Bonchev–Trinajstić information content (AvgIpc) is 2.79. The Kier molecular flexibility index (Phi) is 5.43. The van der Waals surface area contributed by atoms with E-state index in [9.17, 15) is 16.8 Å². The van der Waals surface area contributed by atoms with Crippen molar-refractivity contribution in [2.24, 2.45) is 0 Å². The summed E-state index contributed by atoms with van der Waals surface area (Å²) in [7, 11) is -6.49. The highest BCUT2D eigenvalue weighted by Gasteiger charge is 2.24. The molecule has 8 heteroatoms. The normalized spacial score (nSPS) is 11.9. The molecule has 0 bridgehead atoms. The molecule has 4 rings (SSSR count). The minimum Gasteiger partial charge on any atom is -0.495 e. The molecule has 4 aromatic carbocycles. The van der Waals surface area contributed by atoms with E-state index in [0.29, 0.717) is 0 Å². The fraction of sp³-hybridized carbons (Fsp3) is 0.0435. The second kappa shape index (κ2) is 8.05. The van der Waals surface area contributed by atoms with E-state index in [2.05, 4.69) is 4.72 Å². The summed E-state index contributed by atoms with van der Waals surface area (Å²) in [6, 6.07) is 24.3. The highest BCUT2D eigenvalue weighted by Crippen LogP contribution is 2.32. The first-order valence-electron chi connectivity index (χ1n) is 9.31. The van der Waals surface area contributed by atoms with E-state index < -0.39 is 19.9 Å². The van der Waals surface area contributed by atoms with Crippen molar-refractivity contribution in [3.63, 3.8) is 0 Å². The standard InChI is InChI=1S/C23H19NO5S2/c1-29-22-14-12-19(16-23(22)30(25,26)20-9-3-2-4-10-20)24-31(27,28)21-13-11-17-7-5-6-8-18(17)15-21/h2-16,24H,1H3. The Morgan fingerprint density at radius 2 is 1.35 bits per heavy atom. The van der Waals surface area contributed by atoms with Gasteiger partial charge in [0.1, 0.15) is 10.6 Å². The van der Waals surface area contributed by atoms with Crippen LogP contribution in [-0.2, 0) is 19.9 Å². The van der Waals surface area contributed by atoms with Crippen molar-refractivity contribution in [2.45, 2.75) is 14.7 Å². The van der Waals surface area contributed by atoms with Crippen molar-refractivity contribution >= 4 is 36.3 Å². The average molecular weight is 454 g/mol. The van der Waals surface area contributed by atoms with E-state index in [1.807, 2.05) is 24.3 Å². The predicted molar refractivity (Wildman–Crippen MR) is 120 cm³/mol. The van der Waals surface area contributed by atoms with Crippen LogP contribution < -0.4 is 9.46 Å². The number of ether oxygens (including phenoxy) is 1. The molecule has 0 fully saturated rings. The molecule has 4 aromatic rings. The van der Waals surface area contributed by atoms with E-state index in [0.717, 1.165) is 10.8 Å². The number of sulfonamides is 1. The summed E-state index contributed by atoms with van der Waals surface area (Å²) in [5.74, 6) is 0.123. The quantitative estimate of drug-likeness (QED) is 0.465. The van der Waals surface area contributed by atoms with Gasteiger partial charge < -0.3 is 4.74 Å². The lowest BCUT2D eigenvalue weighted by Crippen LogP contribution is -2.14. The fourth-order valence-corrected chi connectivity index (χ4v) is 5.78. The van der Waals surface area contributed by atoms with Crippen molar-refractivity contribution in [1.29, 1.82) is 0 Å². The minimum absolute atomic E-state index is 0.0782. The van der Waals surface area contributed by atoms with Crippen LogP contribution in [0.3, 0.4) is 0 Å². The summed E-state index contributed by atoms with van der Waals surface area (Å²) in [6.45, 7) is 0. The number of sulfone groups is 1. The molecule has 0 aliphatic rings. The Hall–Kier alpha value is -3.36. The molecular weight excluding hydrogens is 434 g/mol. The van der Waals surface area contributed by atoms with Crippen LogP contribution in [0.1, 0.15) is 0 Å². The van der Waals surface area contributed by atoms with Gasteiger partial charge in [0.15, 0.2) is 0 Å². The number of anilines is 1. The third kappa shape index (κ3) is 4.12. The van der Waals surface area contributed by atoms with Crippen LogP contribution in [0, 0.1) is 0 Å². The maximum Gasteiger partial charge on any atom is 0.261 e. The number of methoxy groups -OCH3 is 1. The summed E-state index contributed by atoms with van der Waals surface area (Å²) in [5, 5.41) is 1.70. The van der Waals surface area contributed by atoms with Crippen LogP contribution in [0.25, 0.3) is 10.8 Å². The second-order valence-electron chi connectivity index (χ2n) is 6.80. The molecule has 6 nitrogen and oxygen atoms in total. The third-order valence-electron chi connectivity index (χ3n) is 4.79. The molecule has 31 heavy (non-hydrogen) atoms. The fourth-order valence-electron chi connectivity index (χ4n) is 3.23. The molecule has 1 N–H and O–H groups in total. The molecule has 0 heterocycles. The molecule has 0 radical (unpaired) electrons. The van der Waals surface area contributed by atoms with Gasteiger partial charge in [-0.15, -0.1) is 0 Å². The monoisotopic (exact) mass is 453 g/mol. The molecule has 0 aromatic heterocycles. The van der Waals surface area contributed by atoms with Gasteiger partial charge in [0.05, 0.1) is 22.6 Å². The zero-order valence-corrected chi connectivity index (χ0v) is 18.2. The van der Waals surface area contributed by atoms with Gasteiger partial charge in [-0.1, -0.05) is 48.5 Å². The molecule has 0 atom stereocenters. The summed E-state index contributed by atoms with van der Waals surface area (Å²) in [4.78, 5) is 0.0391. The first-order valence-corrected chi connectivity index (χ1v) is 12.3. The topological polar surface area (TPSA) is 89.5 Å². The van der Waals surface area contributed by atoms with Gasteiger partial charge in [-0.2, -0.15) is 0 Å². The Morgan fingerprint density at radius 1 is 0.677 bits per heavy atom.